The van der Waals surface area contributed by atoms with Gasteiger partial charge >= 0.3 is 0 Å². The van der Waals surface area contributed by atoms with E-state index >= 15 is 0 Å². The van der Waals surface area contributed by atoms with Gasteiger partial charge in [-0.05, 0) is 44.2 Å². The lowest BCUT2D eigenvalue weighted by Crippen LogP contribution is -2.37. The molecule has 1 aliphatic heterocycles. The number of hydrogen-bond donors (Lipinski definition) is 1. The minimum absolute atomic E-state index is 0.569. The minimum atomic E-state index is 0.569. The van der Waals surface area contributed by atoms with Crippen LogP contribution in [0.2, 0.25) is 0 Å². The van der Waals surface area contributed by atoms with Crippen LogP contribution in [0, 0.1) is 12.8 Å². The molecule has 0 amide bonds. The minimum Gasteiger partial charge on any atom is -0.356 e. The molecule has 80 valence electrons. The molecule has 0 radical (unpaired) electrons. The van der Waals surface area contributed by atoms with Gasteiger partial charge in [0.05, 0.1) is 5.69 Å². The van der Waals surface area contributed by atoms with Crippen LogP contribution >= 0.6 is 0 Å². The molecule has 0 saturated carbocycles. The van der Waals surface area contributed by atoms with Crippen LogP contribution < -0.4 is 5.32 Å². The van der Waals surface area contributed by atoms with E-state index in [-0.39, 0.29) is 0 Å². The molecule has 0 bridgehead atoms. The van der Waals surface area contributed by atoms with E-state index in [1.54, 1.807) is 0 Å². The molecule has 2 heterocycles. The van der Waals surface area contributed by atoms with E-state index in [9.17, 15) is 0 Å². The molecule has 1 saturated heterocycles. The Morgan fingerprint density at radius 3 is 3.20 bits per heavy atom. The molecule has 1 aromatic heterocycles. The Hall–Kier alpha value is -1.09. The molecule has 0 aromatic carbocycles. The van der Waals surface area contributed by atoms with Gasteiger partial charge in [-0.15, -0.1) is 0 Å². The number of nitrogens with one attached hydrogen (secondary N) is 1. The van der Waals surface area contributed by atoms with Gasteiger partial charge in [-0.1, -0.05) is 11.2 Å². The summed E-state index contributed by atoms with van der Waals surface area (Å²) >= 11 is 0. The van der Waals surface area contributed by atoms with Gasteiger partial charge in [0.2, 0.25) is 0 Å². The highest BCUT2D eigenvalue weighted by molar-refractivity contribution is 5.65. The quantitative estimate of drug-likeness (QED) is 0.761. The number of hydrogen-bond acceptors (Lipinski definition) is 3. The maximum atomic E-state index is 5.31. The zero-order chi connectivity index (χ0) is 10.3. The van der Waals surface area contributed by atoms with Crippen molar-refractivity contribution in [3.05, 3.63) is 23.6 Å². The normalized spacial score (nSPS) is 30.1. The zero-order valence-corrected chi connectivity index (χ0v) is 8.99. The first-order valence-corrected chi connectivity index (χ1v) is 5.71. The van der Waals surface area contributed by atoms with Crippen molar-refractivity contribution in [3.63, 3.8) is 0 Å². The lowest BCUT2D eigenvalue weighted by molar-refractivity contribution is 0.340. The number of aryl methyl sites for hydroxylation is 1. The maximum absolute atomic E-state index is 5.31. The molecule has 1 aliphatic carbocycles. The van der Waals surface area contributed by atoms with Gasteiger partial charge in [0, 0.05) is 12.1 Å². The monoisotopic (exact) mass is 204 g/mol. The highest BCUT2D eigenvalue weighted by atomic mass is 16.5. The van der Waals surface area contributed by atoms with Crippen LogP contribution in [0.25, 0.3) is 5.57 Å². The third kappa shape index (κ3) is 1.61. The highest BCUT2D eigenvalue weighted by Gasteiger charge is 2.31. The fourth-order valence-corrected chi connectivity index (χ4v) is 2.67. The number of piperidine rings is 1. The first kappa shape index (κ1) is 9.16. The van der Waals surface area contributed by atoms with Crippen LogP contribution in [-0.4, -0.2) is 17.7 Å². The van der Waals surface area contributed by atoms with Crippen LogP contribution in [0.4, 0.5) is 0 Å². The van der Waals surface area contributed by atoms with Crippen molar-refractivity contribution in [2.45, 2.75) is 32.2 Å². The lowest BCUT2D eigenvalue weighted by Gasteiger charge is -2.25. The molecule has 15 heavy (non-hydrogen) atoms. The zero-order valence-electron chi connectivity index (χ0n) is 8.99. The van der Waals surface area contributed by atoms with Crippen LogP contribution in [0.5, 0.6) is 0 Å². The summed E-state index contributed by atoms with van der Waals surface area (Å²) < 4.78 is 5.31. The summed E-state index contributed by atoms with van der Waals surface area (Å²) in [6.07, 6.45) is 6.11. The van der Waals surface area contributed by atoms with Crippen molar-refractivity contribution in [1.82, 2.24) is 10.5 Å². The van der Waals surface area contributed by atoms with Crippen molar-refractivity contribution in [1.29, 1.82) is 0 Å². The van der Waals surface area contributed by atoms with Crippen molar-refractivity contribution < 1.29 is 4.52 Å². The molecule has 1 fully saturated rings. The van der Waals surface area contributed by atoms with Crippen molar-refractivity contribution >= 4 is 5.57 Å². The molecule has 3 nitrogen and oxygen atoms in total. The summed E-state index contributed by atoms with van der Waals surface area (Å²) in [4.78, 5) is 0. The summed E-state index contributed by atoms with van der Waals surface area (Å²) in [7, 11) is 0. The van der Waals surface area contributed by atoms with Gasteiger partial charge in [0.1, 0.15) is 0 Å². The first-order chi connectivity index (χ1) is 7.33. The number of allylic oxidation sites excluding steroid dienone is 1. The summed E-state index contributed by atoms with van der Waals surface area (Å²) in [5, 5.41) is 7.49. The molecule has 1 N–H and O–H groups in total. The Morgan fingerprint density at radius 2 is 2.47 bits per heavy atom. The van der Waals surface area contributed by atoms with Crippen LogP contribution in [0.15, 0.2) is 16.7 Å². The van der Waals surface area contributed by atoms with Gasteiger partial charge in [-0.2, -0.15) is 0 Å². The fourth-order valence-electron chi connectivity index (χ4n) is 2.67. The summed E-state index contributed by atoms with van der Waals surface area (Å²) in [5.41, 5.74) is 2.30. The summed E-state index contributed by atoms with van der Waals surface area (Å²) in [5.74, 6) is 1.74. The Morgan fingerprint density at radius 1 is 1.53 bits per heavy atom. The summed E-state index contributed by atoms with van der Waals surface area (Å²) in [6.45, 7) is 3.12. The van der Waals surface area contributed by atoms with Crippen LogP contribution in [0.3, 0.4) is 0 Å². The lowest BCUT2D eigenvalue weighted by atomic mass is 9.92. The Kier molecular flexibility index (Phi) is 2.13. The first-order valence-electron chi connectivity index (χ1n) is 5.71. The number of fused-ring (bicyclic) bond motifs is 1. The van der Waals surface area contributed by atoms with Gasteiger partial charge in [-0.25, -0.2) is 0 Å². The highest BCUT2D eigenvalue weighted by Crippen LogP contribution is 2.36. The van der Waals surface area contributed by atoms with Gasteiger partial charge in [-0.3, -0.25) is 0 Å². The Bertz CT molecular complexity index is 394. The molecule has 0 spiro atoms. The average Bonchev–Trinajstić information content (AvgIpc) is 2.82. The van der Waals surface area contributed by atoms with E-state index in [4.69, 9.17) is 4.52 Å². The van der Waals surface area contributed by atoms with Crippen molar-refractivity contribution in [3.8, 4) is 0 Å². The second-order valence-electron chi connectivity index (χ2n) is 4.61. The van der Waals surface area contributed by atoms with Crippen molar-refractivity contribution in [2.24, 2.45) is 5.92 Å². The largest absolute Gasteiger partial charge is 0.356 e. The van der Waals surface area contributed by atoms with Crippen LogP contribution in [-0.2, 0) is 0 Å². The van der Waals surface area contributed by atoms with E-state index < -0.39 is 0 Å². The third-order valence-corrected chi connectivity index (χ3v) is 3.45. The van der Waals surface area contributed by atoms with Gasteiger partial charge in [0.15, 0.2) is 5.76 Å². The molecule has 2 aliphatic rings. The van der Waals surface area contributed by atoms with Crippen LogP contribution in [0.1, 0.15) is 30.7 Å². The SMILES string of the molecule is Cc1cc(C2=C[C@H]3NCCC[C@H]3C2)on1. The van der Waals surface area contributed by atoms with E-state index in [1.165, 1.54) is 18.4 Å². The second kappa shape index (κ2) is 3.49. The standard InChI is InChI=1S/C12H16N2O/c1-8-5-12(15-14-8)10-6-9-3-2-4-13-11(9)7-10/h5,7,9,11,13H,2-4,6H2,1H3/t9-,11+/m0/s1. The van der Waals surface area contributed by atoms with E-state index in [0.717, 1.165) is 30.3 Å². The molecular formula is C12H16N2O. The molecule has 1 aromatic rings. The van der Waals surface area contributed by atoms with E-state index in [1.807, 2.05) is 13.0 Å². The number of nitrogens with zero attached hydrogens (tertiary/aromatic N) is 1. The molecular weight excluding hydrogens is 188 g/mol. The van der Waals surface area contributed by atoms with Gasteiger partial charge in [0.25, 0.3) is 0 Å². The number of aromatic nitrogens is 1. The topological polar surface area (TPSA) is 38.1 Å². The molecule has 0 unspecified atom stereocenters. The molecule has 2 atom stereocenters. The van der Waals surface area contributed by atoms with E-state index in [2.05, 4.69) is 16.5 Å². The maximum Gasteiger partial charge on any atom is 0.162 e. The average molecular weight is 204 g/mol. The Labute approximate surface area is 89.5 Å². The smallest absolute Gasteiger partial charge is 0.162 e. The molecule has 3 rings (SSSR count). The number of rotatable bonds is 1. The Balaban J connectivity index is 1.83. The third-order valence-electron chi connectivity index (χ3n) is 3.45. The molecule has 3 heteroatoms. The van der Waals surface area contributed by atoms with Gasteiger partial charge < -0.3 is 9.84 Å². The van der Waals surface area contributed by atoms with Crippen molar-refractivity contribution in [2.75, 3.05) is 6.54 Å². The summed E-state index contributed by atoms with van der Waals surface area (Å²) in [6, 6.07) is 2.60. The van der Waals surface area contributed by atoms with E-state index in [0.29, 0.717) is 6.04 Å². The second-order valence-corrected chi connectivity index (χ2v) is 4.61. The predicted octanol–water partition coefficient (Wildman–Crippen LogP) is 2.14. The predicted molar refractivity (Wildman–Crippen MR) is 58.3 cm³/mol. The fraction of sp³-hybridized carbons (Fsp3) is 0.583.